The molecule has 2 aliphatic rings. The van der Waals surface area contributed by atoms with Crippen LogP contribution in [0.1, 0.15) is 18.4 Å². The molecule has 1 saturated carbocycles. The molecule has 90 valence electrons. The molecule has 0 aromatic heterocycles. The topological polar surface area (TPSA) is 12.0 Å². The zero-order chi connectivity index (χ0) is 11.8. The molecule has 3 atom stereocenters. The number of allylic oxidation sites excluding steroid dienone is 1. The summed E-state index contributed by atoms with van der Waals surface area (Å²) in [6.45, 7) is 0.766. The summed E-state index contributed by atoms with van der Waals surface area (Å²) in [7, 11) is 0. The van der Waals surface area contributed by atoms with Gasteiger partial charge in [-0.15, -0.1) is 0 Å². The molecule has 1 aromatic carbocycles. The van der Waals surface area contributed by atoms with Crippen LogP contribution >= 0.6 is 11.6 Å². The molecule has 0 heterocycles. The molecule has 3 rings (SSSR count). The summed E-state index contributed by atoms with van der Waals surface area (Å²) in [6.07, 6.45) is 7.10. The molecule has 2 aliphatic carbocycles. The van der Waals surface area contributed by atoms with Gasteiger partial charge in [0, 0.05) is 12.6 Å². The number of nitrogens with one attached hydrogen (secondary N) is 1. The van der Waals surface area contributed by atoms with Crippen molar-refractivity contribution in [3.05, 3.63) is 46.8 Å². The van der Waals surface area contributed by atoms with Crippen LogP contribution in [0.25, 0.3) is 0 Å². The van der Waals surface area contributed by atoms with Crippen LogP contribution in [-0.2, 0) is 6.54 Å². The molecule has 1 fully saturated rings. The van der Waals surface area contributed by atoms with Crippen LogP contribution in [0.3, 0.4) is 0 Å². The van der Waals surface area contributed by atoms with Crippen molar-refractivity contribution in [1.29, 1.82) is 0 Å². The average Bonchev–Trinajstić information content (AvgIpc) is 2.66. The van der Waals surface area contributed by atoms with Gasteiger partial charge in [0.15, 0.2) is 0 Å². The van der Waals surface area contributed by atoms with Crippen molar-refractivity contribution in [2.45, 2.75) is 25.4 Å². The predicted molar refractivity (Wildman–Crippen MR) is 67.4 cm³/mol. The van der Waals surface area contributed by atoms with Crippen LogP contribution in [0.4, 0.5) is 4.39 Å². The third kappa shape index (κ3) is 2.12. The number of rotatable bonds is 3. The number of fused-ring (bicyclic) bond motifs is 1. The second-order valence-corrected chi connectivity index (χ2v) is 5.38. The Hall–Kier alpha value is -0.860. The van der Waals surface area contributed by atoms with E-state index in [4.69, 9.17) is 11.6 Å². The predicted octanol–water partition coefficient (Wildman–Crippen LogP) is 3.53. The van der Waals surface area contributed by atoms with Gasteiger partial charge in [-0.25, -0.2) is 4.39 Å². The lowest BCUT2D eigenvalue weighted by molar-refractivity contribution is 0.162. The van der Waals surface area contributed by atoms with E-state index in [2.05, 4.69) is 17.5 Å². The van der Waals surface area contributed by atoms with Gasteiger partial charge in [0.1, 0.15) is 5.82 Å². The number of hydrogen-bond donors (Lipinski definition) is 1. The van der Waals surface area contributed by atoms with E-state index in [1.54, 1.807) is 12.1 Å². The summed E-state index contributed by atoms with van der Waals surface area (Å²) in [5, 5.41) is 3.73. The molecule has 17 heavy (non-hydrogen) atoms. The van der Waals surface area contributed by atoms with E-state index >= 15 is 0 Å². The molecule has 0 saturated heterocycles. The maximum Gasteiger partial charge on any atom is 0.141 e. The zero-order valence-electron chi connectivity index (χ0n) is 9.50. The van der Waals surface area contributed by atoms with Gasteiger partial charge in [-0.2, -0.15) is 0 Å². The molecule has 0 aliphatic heterocycles. The standard InChI is InChI=1S/C14H15ClFN/c15-12-6-9(4-5-13(12)16)8-17-14-7-10-2-1-3-11(10)14/h1,3-6,10-11,14,17H,2,7-8H2. The van der Waals surface area contributed by atoms with Crippen molar-refractivity contribution in [2.24, 2.45) is 11.8 Å². The minimum atomic E-state index is -0.349. The molecule has 0 spiro atoms. The number of benzene rings is 1. The van der Waals surface area contributed by atoms with Gasteiger partial charge in [-0.1, -0.05) is 29.8 Å². The molecule has 0 radical (unpaired) electrons. The van der Waals surface area contributed by atoms with Crippen LogP contribution in [0.5, 0.6) is 0 Å². The van der Waals surface area contributed by atoms with Gasteiger partial charge in [0.25, 0.3) is 0 Å². The second kappa shape index (κ2) is 4.43. The Balaban J connectivity index is 1.57. The third-order valence-corrected chi connectivity index (χ3v) is 4.20. The van der Waals surface area contributed by atoms with Gasteiger partial charge >= 0.3 is 0 Å². The second-order valence-electron chi connectivity index (χ2n) is 4.97. The molecule has 1 nitrogen and oxygen atoms in total. The summed E-state index contributed by atoms with van der Waals surface area (Å²) < 4.78 is 13.0. The van der Waals surface area contributed by atoms with Gasteiger partial charge in [-0.05, 0) is 42.4 Å². The minimum Gasteiger partial charge on any atom is -0.309 e. The molecular weight excluding hydrogens is 237 g/mol. The minimum absolute atomic E-state index is 0.205. The lowest BCUT2D eigenvalue weighted by Gasteiger charge is -2.40. The maximum absolute atomic E-state index is 13.0. The van der Waals surface area contributed by atoms with Crippen molar-refractivity contribution in [3.8, 4) is 0 Å². The SMILES string of the molecule is Fc1ccc(CNC2CC3CC=CC32)cc1Cl. The molecule has 0 amide bonds. The van der Waals surface area contributed by atoms with Crippen LogP contribution in [-0.4, -0.2) is 6.04 Å². The quantitative estimate of drug-likeness (QED) is 0.811. The van der Waals surface area contributed by atoms with Crippen LogP contribution in [0.15, 0.2) is 30.4 Å². The van der Waals surface area contributed by atoms with E-state index in [0.29, 0.717) is 12.0 Å². The van der Waals surface area contributed by atoms with Crippen LogP contribution < -0.4 is 5.32 Å². The van der Waals surface area contributed by atoms with Crippen molar-refractivity contribution in [1.82, 2.24) is 5.32 Å². The Kier molecular flexibility index (Phi) is 2.93. The molecule has 3 heteroatoms. The van der Waals surface area contributed by atoms with E-state index < -0.39 is 0 Å². The first-order chi connectivity index (χ1) is 8.24. The van der Waals surface area contributed by atoms with Gasteiger partial charge in [0.05, 0.1) is 5.02 Å². The van der Waals surface area contributed by atoms with Crippen molar-refractivity contribution < 1.29 is 4.39 Å². The summed E-state index contributed by atoms with van der Waals surface area (Å²) in [6, 6.07) is 5.50. The Morgan fingerprint density at radius 1 is 1.41 bits per heavy atom. The summed E-state index contributed by atoms with van der Waals surface area (Å²) in [5.74, 6) is 1.23. The largest absolute Gasteiger partial charge is 0.309 e. The summed E-state index contributed by atoms with van der Waals surface area (Å²) >= 11 is 5.75. The van der Waals surface area contributed by atoms with Gasteiger partial charge in [0.2, 0.25) is 0 Å². The maximum atomic E-state index is 13.0. The normalized spacial score (nSPS) is 30.1. The van der Waals surface area contributed by atoms with Gasteiger partial charge in [-0.3, -0.25) is 0 Å². The Labute approximate surface area is 106 Å². The van der Waals surface area contributed by atoms with Crippen molar-refractivity contribution in [2.75, 3.05) is 0 Å². The molecular formula is C14H15ClFN. The Morgan fingerprint density at radius 2 is 2.29 bits per heavy atom. The fourth-order valence-corrected chi connectivity index (χ4v) is 3.05. The molecule has 0 bridgehead atoms. The molecule has 3 unspecified atom stereocenters. The lowest BCUT2D eigenvalue weighted by Crippen LogP contribution is -2.47. The highest BCUT2D eigenvalue weighted by Gasteiger charge is 2.40. The van der Waals surface area contributed by atoms with Crippen LogP contribution in [0, 0.1) is 17.7 Å². The first-order valence-electron chi connectivity index (χ1n) is 6.08. The van der Waals surface area contributed by atoms with Crippen molar-refractivity contribution in [3.63, 3.8) is 0 Å². The lowest BCUT2D eigenvalue weighted by atomic mass is 9.71. The highest BCUT2D eigenvalue weighted by molar-refractivity contribution is 6.30. The van der Waals surface area contributed by atoms with E-state index in [0.717, 1.165) is 18.0 Å². The third-order valence-electron chi connectivity index (χ3n) is 3.92. The first kappa shape index (κ1) is 11.2. The van der Waals surface area contributed by atoms with E-state index in [9.17, 15) is 4.39 Å². The first-order valence-corrected chi connectivity index (χ1v) is 6.46. The fraction of sp³-hybridized carbons (Fsp3) is 0.429. The summed E-state index contributed by atoms with van der Waals surface area (Å²) in [5.41, 5.74) is 1.04. The van der Waals surface area contributed by atoms with Gasteiger partial charge < -0.3 is 5.32 Å². The van der Waals surface area contributed by atoms with Crippen LogP contribution in [0.2, 0.25) is 5.02 Å². The van der Waals surface area contributed by atoms with Crippen molar-refractivity contribution >= 4 is 11.6 Å². The highest BCUT2D eigenvalue weighted by atomic mass is 35.5. The average molecular weight is 252 g/mol. The van der Waals surface area contributed by atoms with E-state index in [-0.39, 0.29) is 10.8 Å². The molecule has 1 aromatic rings. The number of hydrogen-bond acceptors (Lipinski definition) is 1. The number of halogens is 2. The smallest absolute Gasteiger partial charge is 0.141 e. The Bertz CT molecular complexity index is 458. The highest BCUT2D eigenvalue weighted by Crippen LogP contribution is 2.42. The van der Waals surface area contributed by atoms with E-state index in [1.807, 2.05) is 0 Å². The van der Waals surface area contributed by atoms with E-state index in [1.165, 1.54) is 18.9 Å². The Morgan fingerprint density at radius 3 is 3.06 bits per heavy atom. The zero-order valence-corrected chi connectivity index (χ0v) is 10.3. The monoisotopic (exact) mass is 251 g/mol. The molecule has 1 N–H and O–H groups in total. The summed E-state index contributed by atoms with van der Waals surface area (Å²) in [4.78, 5) is 0. The fourth-order valence-electron chi connectivity index (χ4n) is 2.85.